The van der Waals surface area contributed by atoms with E-state index < -0.39 is 0 Å². The zero-order valence-electron chi connectivity index (χ0n) is 10.2. The van der Waals surface area contributed by atoms with Gasteiger partial charge in [0.1, 0.15) is 5.82 Å². The van der Waals surface area contributed by atoms with Crippen molar-refractivity contribution in [2.45, 2.75) is 25.6 Å². The van der Waals surface area contributed by atoms with Crippen molar-refractivity contribution in [3.8, 4) is 0 Å². The number of halogens is 3. The van der Waals surface area contributed by atoms with Gasteiger partial charge in [0, 0.05) is 35.0 Å². The number of hydrogen-bond donors (Lipinski definition) is 0. The van der Waals surface area contributed by atoms with Crippen LogP contribution >= 0.6 is 27.5 Å². The van der Waals surface area contributed by atoms with Crippen LogP contribution < -0.4 is 0 Å². The maximum atomic E-state index is 13.8. The molecule has 1 aromatic rings. The molecule has 1 heterocycles. The molecule has 2 atom stereocenters. The highest BCUT2D eigenvalue weighted by atomic mass is 79.9. The third kappa shape index (κ3) is 3.44. The summed E-state index contributed by atoms with van der Waals surface area (Å²) in [4.78, 5) is 2.24. The molecule has 18 heavy (non-hydrogen) atoms. The largest absolute Gasteiger partial charge is 0.374 e. The van der Waals surface area contributed by atoms with Crippen molar-refractivity contribution in [2.24, 2.45) is 0 Å². The Kier molecular flexibility index (Phi) is 5.01. The van der Waals surface area contributed by atoms with Gasteiger partial charge < -0.3 is 4.74 Å². The van der Waals surface area contributed by atoms with Crippen LogP contribution in [0.5, 0.6) is 0 Å². The second-order valence-electron chi connectivity index (χ2n) is 4.62. The van der Waals surface area contributed by atoms with E-state index >= 15 is 0 Å². The zero-order chi connectivity index (χ0) is 13.1. The monoisotopic (exact) mass is 335 g/mol. The molecular formula is C13H16BrClFNO. The molecule has 0 bridgehead atoms. The van der Waals surface area contributed by atoms with E-state index in [0.29, 0.717) is 29.8 Å². The van der Waals surface area contributed by atoms with E-state index in [4.69, 9.17) is 16.3 Å². The average molecular weight is 337 g/mol. The molecule has 0 amide bonds. The van der Waals surface area contributed by atoms with Crippen molar-refractivity contribution in [3.05, 3.63) is 34.6 Å². The number of morpholine rings is 1. The summed E-state index contributed by atoms with van der Waals surface area (Å²) in [5.41, 5.74) is 0.682. The summed E-state index contributed by atoms with van der Waals surface area (Å²) in [6.07, 6.45) is 0.177. The summed E-state index contributed by atoms with van der Waals surface area (Å²) in [6.45, 7) is 4.19. The fourth-order valence-electron chi connectivity index (χ4n) is 2.06. The summed E-state index contributed by atoms with van der Waals surface area (Å²) < 4.78 is 19.4. The molecule has 1 aromatic carbocycles. The smallest absolute Gasteiger partial charge is 0.129 e. The lowest BCUT2D eigenvalue weighted by molar-refractivity contribution is -0.0502. The molecule has 1 fully saturated rings. The molecule has 0 radical (unpaired) electrons. The van der Waals surface area contributed by atoms with Gasteiger partial charge in [0.05, 0.1) is 12.7 Å². The fourth-order valence-corrected chi connectivity index (χ4v) is 2.61. The van der Waals surface area contributed by atoms with Crippen LogP contribution in [-0.2, 0) is 11.3 Å². The summed E-state index contributed by atoms with van der Waals surface area (Å²) in [5, 5.41) is 1.24. The first-order chi connectivity index (χ1) is 8.60. The molecule has 0 N–H and O–H groups in total. The number of nitrogens with zero attached hydrogens (tertiary/aromatic N) is 1. The molecule has 0 spiro atoms. The molecule has 2 rings (SSSR count). The molecule has 2 unspecified atom stereocenters. The van der Waals surface area contributed by atoms with Crippen LogP contribution in [0.15, 0.2) is 18.2 Å². The third-order valence-corrected chi connectivity index (χ3v) is 4.15. The lowest BCUT2D eigenvalue weighted by atomic mass is 10.1. The summed E-state index contributed by atoms with van der Waals surface area (Å²) in [6, 6.07) is 5.15. The van der Waals surface area contributed by atoms with Crippen molar-refractivity contribution < 1.29 is 9.13 Å². The number of ether oxygens (including phenoxy) is 1. The Morgan fingerprint density at radius 3 is 3.00 bits per heavy atom. The lowest BCUT2D eigenvalue weighted by Crippen LogP contribution is -2.48. The number of hydrogen-bond acceptors (Lipinski definition) is 2. The zero-order valence-corrected chi connectivity index (χ0v) is 12.5. The van der Waals surface area contributed by atoms with Crippen molar-refractivity contribution in [1.29, 1.82) is 0 Å². The van der Waals surface area contributed by atoms with Crippen molar-refractivity contribution >= 4 is 27.5 Å². The number of benzene rings is 1. The number of rotatable bonds is 3. The van der Waals surface area contributed by atoms with Crippen molar-refractivity contribution in [2.75, 3.05) is 18.5 Å². The highest BCUT2D eigenvalue weighted by molar-refractivity contribution is 9.09. The first-order valence-electron chi connectivity index (χ1n) is 5.95. The minimum absolute atomic E-state index is 0.177. The minimum atomic E-state index is -0.239. The maximum Gasteiger partial charge on any atom is 0.129 e. The van der Waals surface area contributed by atoms with Gasteiger partial charge in [-0.05, 0) is 19.1 Å². The molecule has 2 nitrogen and oxygen atoms in total. The molecule has 100 valence electrons. The highest BCUT2D eigenvalue weighted by Crippen LogP contribution is 2.20. The minimum Gasteiger partial charge on any atom is -0.374 e. The van der Waals surface area contributed by atoms with Gasteiger partial charge in [0.15, 0.2) is 0 Å². The summed E-state index contributed by atoms with van der Waals surface area (Å²) >= 11 is 9.18. The standard InChI is InChI=1S/C13H16BrClFNO/c1-9-8-18-12(5-14)7-17(9)6-10-2-3-11(15)4-13(10)16/h2-4,9,12H,5-8H2,1H3. The van der Waals surface area contributed by atoms with Crippen LogP contribution in [-0.4, -0.2) is 35.5 Å². The summed E-state index contributed by atoms with van der Waals surface area (Å²) in [7, 11) is 0. The van der Waals surface area contributed by atoms with E-state index in [2.05, 4.69) is 27.8 Å². The van der Waals surface area contributed by atoms with Gasteiger partial charge in [0.2, 0.25) is 0 Å². The summed E-state index contributed by atoms with van der Waals surface area (Å²) in [5.74, 6) is -0.239. The quantitative estimate of drug-likeness (QED) is 0.784. The maximum absolute atomic E-state index is 13.8. The van der Waals surface area contributed by atoms with Gasteiger partial charge >= 0.3 is 0 Å². The van der Waals surface area contributed by atoms with E-state index in [-0.39, 0.29) is 11.9 Å². The normalized spacial score (nSPS) is 25.3. The Hall–Kier alpha value is -0.160. The van der Waals surface area contributed by atoms with Crippen LogP contribution in [0.3, 0.4) is 0 Å². The van der Waals surface area contributed by atoms with E-state index in [1.807, 2.05) is 0 Å². The second-order valence-corrected chi connectivity index (χ2v) is 5.71. The topological polar surface area (TPSA) is 12.5 Å². The second kappa shape index (κ2) is 6.33. The lowest BCUT2D eigenvalue weighted by Gasteiger charge is -2.37. The first-order valence-corrected chi connectivity index (χ1v) is 7.45. The van der Waals surface area contributed by atoms with Gasteiger partial charge in [-0.15, -0.1) is 0 Å². The Balaban J connectivity index is 2.07. The number of alkyl halides is 1. The van der Waals surface area contributed by atoms with Crippen LogP contribution in [0.1, 0.15) is 12.5 Å². The van der Waals surface area contributed by atoms with Crippen LogP contribution in [0.4, 0.5) is 4.39 Å². The molecule has 1 aliphatic rings. The van der Waals surface area contributed by atoms with E-state index in [1.54, 1.807) is 12.1 Å². The van der Waals surface area contributed by atoms with Gasteiger partial charge in [-0.1, -0.05) is 33.6 Å². The molecule has 0 aliphatic carbocycles. The Labute approximate surface area is 120 Å². The van der Waals surface area contributed by atoms with E-state index in [0.717, 1.165) is 11.9 Å². The Bertz CT molecular complexity index is 418. The molecule has 0 aromatic heterocycles. The molecule has 1 aliphatic heterocycles. The Morgan fingerprint density at radius 2 is 2.33 bits per heavy atom. The predicted molar refractivity (Wildman–Crippen MR) is 74.8 cm³/mol. The highest BCUT2D eigenvalue weighted by Gasteiger charge is 2.25. The molecular weight excluding hydrogens is 321 g/mol. The first kappa shape index (κ1) is 14.3. The molecule has 0 saturated carbocycles. The molecule has 1 saturated heterocycles. The van der Waals surface area contributed by atoms with Crippen molar-refractivity contribution in [3.63, 3.8) is 0 Å². The van der Waals surface area contributed by atoms with Crippen LogP contribution in [0, 0.1) is 5.82 Å². The van der Waals surface area contributed by atoms with Gasteiger partial charge in [-0.3, -0.25) is 4.90 Å². The van der Waals surface area contributed by atoms with Crippen LogP contribution in [0.25, 0.3) is 0 Å². The van der Waals surface area contributed by atoms with Gasteiger partial charge in [0.25, 0.3) is 0 Å². The molecule has 5 heteroatoms. The fraction of sp³-hybridized carbons (Fsp3) is 0.538. The predicted octanol–water partition coefficient (Wildman–Crippen LogP) is 3.46. The van der Waals surface area contributed by atoms with Crippen molar-refractivity contribution in [1.82, 2.24) is 4.90 Å². The van der Waals surface area contributed by atoms with Gasteiger partial charge in [-0.2, -0.15) is 0 Å². The van der Waals surface area contributed by atoms with E-state index in [1.165, 1.54) is 6.07 Å². The average Bonchev–Trinajstić information content (AvgIpc) is 2.35. The third-order valence-electron chi connectivity index (χ3n) is 3.20. The van der Waals surface area contributed by atoms with Gasteiger partial charge in [-0.25, -0.2) is 4.39 Å². The SMILES string of the molecule is CC1COC(CBr)CN1Cc1ccc(Cl)cc1F. The van der Waals surface area contributed by atoms with E-state index in [9.17, 15) is 4.39 Å². The van der Waals surface area contributed by atoms with Crippen LogP contribution in [0.2, 0.25) is 5.02 Å². The Morgan fingerprint density at radius 1 is 1.56 bits per heavy atom.